The van der Waals surface area contributed by atoms with Crippen molar-refractivity contribution in [3.63, 3.8) is 0 Å². The smallest absolute Gasteiger partial charge is 0.276 e. The first-order valence-corrected chi connectivity index (χ1v) is 10.1. The van der Waals surface area contributed by atoms with Crippen LogP contribution in [-0.2, 0) is 6.54 Å². The lowest BCUT2D eigenvalue weighted by molar-refractivity contribution is 0.0700. The van der Waals surface area contributed by atoms with E-state index in [-0.39, 0.29) is 11.7 Å². The summed E-state index contributed by atoms with van der Waals surface area (Å²) in [5.74, 6) is -0.164. The molecule has 3 aromatic rings. The lowest BCUT2D eigenvalue weighted by atomic mass is 9.88. The summed E-state index contributed by atoms with van der Waals surface area (Å²) in [4.78, 5) is 14.8. The number of likely N-dealkylation sites (tertiary alicyclic amines) is 1. The van der Waals surface area contributed by atoms with E-state index < -0.39 is 0 Å². The number of carbonyl (C=O) groups is 1. The molecule has 0 spiro atoms. The standard InChI is InChI=1S/C22H22ClFN4O/c1-15-5-2-3-7-19(15)16-6-4-10-27(12-16)22(29)21-14-28(26-25-21)13-17-8-9-18(24)11-20(17)23/h2-3,5,7-9,11,14,16H,4,6,10,12-13H2,1H3/t16-/m1/s1. The molecule has 5 nitrogen and oxygen atoms in total. The molecule has 0 bridgehead atoms. The number of hydrogen-bond acceptors (Lipinski definition) is 3. The molecule has 0 N–H and O–H groups in total. The van der Waals surface area contributed by atoms with Crippen LogP contribution in [0.3, 0.4) is 0 Å². The second-order valence-corrected chi connectivity index (χ2v) is 7.89. The zero-order chi connectivity index (χ0) is 20.4. The van der Waals surface area contributed by atoms with Crippen LogP contribution in [-0.4, -0.2) is 38.9 Å². The number of benzene rings is 2. The minimum Gasteiger partial charge on any atom is -0.337 e. The topological polar surface area (TPSA) is 51.0 Å². The maximum Gasteiger partial charge on any atom is 0.276 e. The third-order valence-electron chi connectivity index (χ3n) is 5.44. The number of halogens is 2. The first-order valence-electron chi connectivity index (χ1n) is 9.70. The fraction of sp³-hybridized carbons (Fsp3) is 0.318. The monoisotopic (exact) mass is 412 g/mol. The summed E-state index contributed by atoms with van der Waals surface area (Å²) in [7, 11) is 0. The fourth-order valence-corrected chi connectivity index (χ4v) is 4.15. The Bertz CT molecular complexity index is 1040. The highest BCUT2D eigenvalue weighted by molar-refractivity contribution is 6.31. The molecule has 1 aromatic heterocycles. The molecule has 1 amide bonds. The third kappa shape index (κ3) is 4.32. The molecular formula is C22H22ClFN4O. The van der Waals surface area contributed by atoms with Crippen LogP contribution in [0.15, 0.2) is 48.7 Å². The van der Waals surface area contributed by atoms with Gasteiger partial charge in [-0.1, -0.05) is 47.1 Å². The molecule has 7 heteroatoms. The highest BCUT2D eigenvalue weighted by atomic mass is 35.5. The van der Waals surface area contributed by atoms with Gasteiger partial charge in [-0.15, -0.1) is 5.10 Å². The number of piperidine rings is 1. The highest BCUT2D eigenvalue weighted by Gasteiger charge is 2.27. The third-order valence-corrected chi connectivity index (χ3v) is 5.79. The van der Waals surface area contributed by atoms with Gasteiger partial charge in [0.2, 0.25) is 0 Å². The average molecular weight is 413 g/mol. The molecule has 29 heavy (non-hydrogen) atoms. The van der Waals surface area contributed by atoms with Crippen LogP contribution in [0.1, 0.15) is 45.9 Å². The van der Waals surface area contributed by atoms with Crippen molar-refractivity contribution in [3.05, 3.63) is 81.9 Å². The van der Waals surface area contributed by atoms with Crippen molar-refractivity contribution in [2.24, 2.45) is 0 Å². The van der Waals surface area contributed by atoms with Crippen molar-refractivity contribution in [2.75, 3.05) is 13.1 Å². The van der Waals surface area contributed by atoms with Gasteiger partial charge in [-0.2, -0.15) is 0 Å². The molecule has 2 heterocycles. The van der Waals surface area contributed by atoms with Gasteiger partial charge in [0.25, 0.3) is 5.91 Å². The van der Waals surface area contributed by atoms with Crippen molar-refractivity contribution in [1.82, 2.24) is 19.9 Å². The lowest BCUT2D eigenvalue weighted by Gasteiger charge is -2.33. The number of aryl methyl sites for hydroxylation is 1. The summed E-state index contributed by atoms with van der Waals surface area (Å²) >= 11 is 6.08. The maximum atomic E-state index is 13.2. The zero-order valence-corrected chi connectivity index (χ0v) is 16.9. The molecule has 1 atom stereocenters. The van der Waals surface area contributed by atoms with Crippen LogP contribution >= 0.6 is 11.6 Å². The molecule has 0 saturated carbocycles. The Morgan fingerprint density at radius 1 is 1.28 bits per heavy atom. The predicted molar refractivity (Wildman–Crippen MR) is 110 cm³/mol. The van der Waals surface area contributed by atoms with Gasteiger partial charge < -0.3 is 4.90 Å². The van der Waals surface area contributed by atoms with Gasteiger partial charge >= 0.3 is 0 Å². The maximum absolute atomic E-state index is 13.2. The number of hydrogen-bond donors (Lipinski definition) is 0. The Morgan fingerprint density at radius 2 is 2.10 bits per heavy atom. The summed E-state index contributed by atoms with van der Waals surface area (Å²) in [5, 5.41) is 8.43. The Balaban J connectivity index is 1.46. The molecule has 0 unspecified atom stereocenters. The molecule has 4 rings (SSSR count). The minimum absolute atomic E-state index is 0.111. The Hall–Kier alpha value is -2.73. The van der Waals surface area contributed by atoms with Crippen molar-refractivity contribution < 1.29 is 9.18 Å². The molecule has 1 aliphatic heterocycles. The van der Waals surface area contributed by atoms with E-state index in [4.69, 9.17) is 11.6 Å². The molecule has 2 aromatic carbocycles. The first-order chi connectivity index (χ1) is 14.0. The van der Waals surface area contributed by atoms with Gasteiger partial charge in [-0.05, 0) is 48.6 Å². The van der Waals surface area contributed by atoms with Crippen LogP contribution in [0.5, 0.6) is 0 Å². The van der Waals surface area contributed by atoms with Crippen molar-refractivity contribution in [3.8, 4) is 0 Å². The van der Waals surface area contributed by atoms with E-state index in [0.717, 1.165) is 24.9 Å². The number of carbonyl (C=O) groups excluding carboxylic acids is 1. The summed E-state index contributed by atoms with van der Waals surface area (Å²) in [5.41, 5.74) is 3.59. The largest absolute Gasteiger partial charge is 0.337 e. The number of nitrogens with zero attached hydrogens (tertiary/aromatic N) is 4. The Kier molecular flexibility index (Phi) is 5.62. The van der Waals surface area contributed by atoms with Gasteiger partial charge in [-0.25, -0.2) is 9.07 Å². The molecule has 150 valence electrons. The van der Waals surface area contributed by atoms with Crippen molar-refractivity contribution in [1.29, 1.82) is 0 Å². The van der Waals surface area contributed by atoms with Gasteiger partial charge in [0.1, 0.15) is 5.82 Å². The number of amides is 1. The van der Waals surface area contributed by atoms with E-state index in [0.29, 0.717) is 29.7 Å². The van der Waals surface area contributed by atoms with Crippen LogP contribution in [0, 0.1) is 12.7 Å². The summed E-state index contributed by atoms with van der Waals surface area (Å²) in [6.07, 6.45) is 3.66. The summed E-state index contributed by atoms with van der Waals surface area (Å²) in [6.45, 7) is 3.84. The van der Waals surface area contributed by atoms with E-state index >= 15 is 0 Å². The first kappa shape index (κ1) is 19.6. The molecule has 0 aliphatic carbocycles. The summed E-state index contributed by atoms with van der Waals surface area (Å²) in [6, 6.07) is 12.6. The van der Waals surface area contributed by atoms with E-state index in [1.807, 2.05) is 11.0 Å². The van der Waals surface area contributed by atoms with Crippen LogP contribution in [0.25, 0.3) is 0 Å². The second-order valence-electron chi connectivity index (χ2n) is 7.48. The van der Waals surface area contributed by atoms with Crippen LogP contribution in [0.2, 0.25) is 5.02 Å². The quantitative estimate of drug-likeness (QED) is 0.636. The van der Waals surface area contributed by atoms with E-state index in [1.54, 1.807) is 16.9 Å². The van der Waals surface area contributed by atoms with E-state index in [1.165, 1.54) is 23.3 Å². The second kappa shape index (κ2) is 8.33. The molecule has 1 fully saturated rings. The predicted octanol–water partition coefficient (Wildman–Crippen LogP) is 4.45. The Labute approximate surface area is 174 Å². The van der Waals surface area contributed by atoms with Gasteiger partial charge in [0.05, 0.1) is 12.7 Å². The SMILES string of the molecule is Cc1ccccc1[C@@H]1CCCN(C(=O)c2cn(Cc3ccc(F)cc3Cl)nn2)C1. The average Bonchev–Trinajstić information content (AvgIpc) is 3.18. The fourth-order valence-electron chi connectivity index (χ4n) is 3.92. The normalized spacial score (nSPS) is 16.8. The van der Waals surface area contributed by atoms with Crippen LogP contribution in [0.4, 0.5) is 4.39 Å². The van der Waals surface area contributed by atoms with Gasteiger partial charge in [0, 0.05) is 24.0 Å². The lowest BCUT2D eigenvalue weighted by Crippen LogP contribution is -2.39. The van der Waals surface area contributed by atoms with Gasteiger partial charge in [0.15, 0.2) is 5.69 Å². The Morgan fingerprint density at radius 3 is 2.90 bits per heavy atom. The molecule has 1 saturated heterocycles. The number of aromatic nitrogens is 3. The molecule has 1 aliphatic rings. The number of rotatable bonds is 4. The zero-order valence-electron chi connectivity index (χ0n) is 16.2. The minimum atomic E-state index is -0.387. The molecular weight excluding hydrogens is 391 g/mol. The molecule has 0 radical (unpaired) electrons. The van der Waals surface area contributed by atoms with E-state index in [9.17, 15) is 9.18 Å². The summed E-state index contributed by atoms with van der Waals surface area (Å²) < 4.78 is 14.8. The van der Waals surface area contributed by atoms with Crippen molar-refractivity contribution in [2.45, 2.75) is 32.2 Å². The van der Waals surface area contributed by atoms with Crippen LogP contribution < -0.4 is 0 Å². The highest BCUT2D eigenvalue weighted by Crippen LogP contribution is 2.29. The van der Waals surface area contributed by atoms with Gasteiger partial charge in [-0.3, -0.25) is 4.79 Å². The van der Waals surface area contributed by atoms with Crippen molar-refractivity contribution >= 4 is 17.5 Å². The van der Waals surface area contributed by atoms with E-state index in [2.05, 4.69) is 35.4 Å².